The second-order valence-corrected chi connectivity index (χ2v) is 5.34. The monoisotopic (exact) mass is 300 g/mol. The fraction of sp³-hybridized carbons (Fsp3) is 0.0833. The van der Waals surface area contributed by atoms with Crippen LogP contribution in [0.1, 0.15) is 0 Å². The molecule has 0 amide bonds. The van der Waals surface area contributed by atoms with Crippen LogP contribution in [0.4, 0.5) is 14.5 Å². The molecule has 0 aliphatic carbocycles. The maximum absolute atomic E-state index is 13.6. The number of nitrogens with zero attached hydrogens (tertiary/aromatic N) is 1. The summed E-state index contributed by atoms with van der Waals surface area (Å²) in [6, 6.07) is 5.71. The summed E-state index contributed by atoms with van der Waals surface area (Å²) in [5.74, 6) is -1.58. The van der Waals surface area contributed by atoms with E-state index in [0.29, 0.717) is 0 Å². The molecule has 0 spiro atoms. The van der Waals surface area contributed by atoms with Crippen molar-refractivity contribution < 1.29 is 21.9 Å². The third-order valence-corrected chi connectivity index (χ3v) is 3.70. The van der Waals surface area contributed by atoms with Gasteiger partial charge in [0.05, 0.1) is 12.8 Å². The van der Waals surface area contributed by atoms with Crippen molar-refractivity contribution >= 4 is 15.7 Å². The molecule has 1 aromatic heterocycles. The highest BCUT2D eigenvalue weighted by Gasteiger charge is 2.22. The first-order chi connectivity index (χ1) is 9.44. The summed E-state index contributed by atoms with van der Waals surface area (Å²) >= 11 is 0. The number of rotatable bonds is 4. The summed E-state index contributed by atoms with van der Waals surface area (Å²) in [4.78, 5) is 3.44. The zero-order chi connectivity index (χ0) is 14.8. The molecule has 5 nitrogen and oxygen atoms in total. The van der Waals surface area contributed by atoms with Crippen LogP contribution in [0.3, 0.4) is 0 Å². The van der Waals surface area contributed by atoms with E-state index in [1.807, 2.05) is 4.72 Å². The Labute approximate surface area is 114 Å². The Bertz CT molecular complexity index is 735. The molecule has 0 bridgehead atoms. The fourth-order valence-electron chi connectivity index (χ4n) is 1.47. The van der Waals surface area contributed by atoms with Gasteiger partial charge in [-0.25, -0.2) is 13.8 Å². The highest BCUT2D eigenvalue weighted by atomic mass is 32.2. The Kier molecular flexibility index (Phi) is 3.84. The molecule has 1 aromatic carbocycles. The molecule has 2 rings (SSSR count). The molecule has 20 heavy (non-hydrogen) atoms. The Balaban J connectivity index is 2.41. The zero-order valence-corrected chi connectivity index (χ0v) is 11.1. The van der Waals surface area contributed by atoms with Gasteiger partial charge in [-0.15, -0.1) is 0 Å². The van der Waals surface area contributed by atoms with E-state index in [1.165, 1.54) is 19.2 Å². The minimum absolute atomic E-state index is 0.255. The molecule has 0 fully saturated rings. The summed E-state index contributed by atoms with van der Waals surface area (Å²) < 4.78 is 57.7. The number of anilines is 1. The zero-order valence-electron chi connectivity index (χ0n) is 10.3. The van der Waals surface area contributed by atoms with E-state index in [1.54, 1.807) is 0 Å². The van der Waals surface area contributed by atoms with Crippen LogP contribution < -0.4 is 9.46 Å². The molecule has 0 saturated carbocycles. The van der Waals surface area contributed by atoms with Crippen LogP contribution in [0, 0.1) is 11.6 Å². The van der Waals surface area contributed by atoms with Crippen molar-refractivity contribution in [2.75, 3.05) is 11.8 Å². The van der Waals surface area contributed by atoms with Crippen molar-refractivity contribution in [2.24, 2.45) is 0 Å². The van der Waals surface area contributed by atoms with E-state index >= 15 is 0 Å². The quantitative estimate of drug-likeness (QED) is 0.939. The molecule has 106 valence electrons. The normalized spacial score (nSPS) is 11.2. The minimum atomic E-state index is -4.32. The SMILES string of the molecule is COc1ccc(F)c(NS(=O)(=O)c2ncccc2F)c1. The smallest absolute Gasteiger partial charge is 0.282 e. The number of methoxy groups -OCH3 is 1. The molecule has 0 aliphatic heterocycles. The summed E-state index contributed by atoms with van der Waals surface area (Å²) in [5, 5.41) is -0.804. The van der Waals surface area contributed by atoms with Gasteiger partial charge in [-0.3, -0.25) is 4.72 Å². The third kappa shape index (κ3) is 2.85. The molecular formula is C12H10F2N2O3S. The summed E-state index contributed by atoms with van der Waals surface area (Å²) in [6.07, 6.45) is 1.12. The van der Waals surface area contributed by atoms with Crippen LogP contribution in [-0.2, 0) is 10.0 Å². The predicted octanol–water partition coefficient (Wildman–Crippen LogP) is 2.17. The van der Waals surface area contributed by atoms with Crippen molar-refractivity contribution in [3.05, 3.63) is 48.2 Å². The van der Waals surface area contributed by atoms with Gasteiger partial charge >= 0.3 is 0 Å². The molecule has 0 radical (unpaired) electrons. The van der Waals surface area contributed by atoms with Gasteiger partial charge < -0.3 is 4.74 Å². The van der Waals surface area contributed by atoms with E-state index in [-0.39, 0.29) is 11.4 Å². The van der Waals surface area contributed by atoms with E-state index in [9.17, 15) is 17.2 Å². The molecule has 0 atom stereocenters. The van der Waals surface area contributed by atoms with Crippen molar-refractivity contribution in [3.8, 4) is 5.75 Å². The van der Waals surface area contributed by atoms with Crippen molar-refractivity contribution in [1.29, 1.82) is 0 Å². The largest absolute Gasteiger partial charge is 0.497 e. The third-order valence-electron chi connectivity index (χ3n) is 2.40. The van der Waals surface area contributed by atoms with Crippen molar-refractivity contribution in [1.82, 2.24) is 4.98 Å². The van der Waals surface area contributed by atoms with Gasteiger partial charge in [-0.2, -0.15) is 8.42 Å². The highest BCUT2D eigenvalue weighted by Crippen LogP contribution is 2.24. The Morgan fingerprint density at radius 3 is 2.60 bits per heavy atom. The maximum Gasteiger partial charge on any atom is 0.282 e. The van der Waals surface area contributed by atoms with Gasteiger partial charge in [0, 0.05) is 12.3 Å². The molecule has 0 aliphatic rings. The lowest BCUT2D eigenvalue weighted by Crippen LogP contribution is -2.17. The van der Waals surface area contributed by atoms with E-state index < -0.39 is 26.7 Å². The summed E-state index contributed by atoms with van der Waals surface area (Å²) in [5.41, 5.74) is -0.352. The topological polar surface area (TPSA) is 68.3 Å². The summed E-state index contributed by atoms with van der Waals surface area (Å²) in [7, 11) is -2.97. The van der Waals surface area contributed by atoms with Crippen LogP contribution in [-0.4, -0.2) is 20.5 Å². The maximum atomic E-state index is 13.6. The number of hydrogen-bond donors (Lipinski definition) is 1. The lowest BCUT2D eigenvalue weighted by atomic mass is 10.3. The van der Waals surface area contributed by atoms with Gasteiger partial charge in [0.1, 0.15) is 11.6 Å². The van der Waals surface area contributed by atoms with Crippen LogP contribution in [0.2, 0.25) is 0 Å². The number of sulfonamides is 1. The number of aromatic nitrogens is 1. The Morgan fingerprint density at radius 1 is 1.20 bits per heavy atom. The molecule has 1 N–H and O–H groups in total. The fourth-order valence-corrected chi connectivity index (χ4v) is 2.54. The first-order valence-corrected chi connectivity index (χ1v) is 6.89. The number of benzene rings is 1. The van der Waals surface area contributed by atoms with Crippen LogP contribution in [0.15, 0.2) is 41.6 Å². The van der Waals surface area contributed by atoms with Crippen LogP contribution >= 0.6 is 0 Å². The number of pyridine rings is 1. The lowest BCUT2D eigenvalue weighted by Gasteiger charge is -2.10. The van der Waals surface area contributed by atoms with Gasteiger partial charge in [0.15, 0.2) is 5.82 Å². The number of nitrogens with one attached hydrogen (secondary N) is 1. The highest BCUT2D eigenvalue weighted by molar-refractivity contribution is 7.92. The predicted molar refractivity (Wildman–Crippen MR) is 68.0 cm³/mol. The van der Waals surface area contributed by atoms with Crippen LogP contribution in [0.25, 0.3) is 0 Å². The molecular weight excluding hydrogens is 290 g/mol. The standard InChI is InChI=1S/C12H10F2N2O3S/c1-19-8-4-5-9(13)11(7-8)16-20(17,18)12-10(14)3-2-6-15-12/h2-7,16H,1H3. The van der Waals surface area contributed by atoms with Crippen molar-refractivity contribution in [3.63, 3.8) is 0 Å². The summed E-state index contributed by atoms with van der Waals surface area (Å²) in [6.45, 7) is 0. The number of hydrogen-bond acceptors (Lipinski definition) is 4. The molecule has 8 heteroatoms. The minimum Gasteiger partial charge on any atom is -0.497 e. The molecule has 2 aromatic rings. The first kappa shape index (κ1) is 14.2. The van der Waals surface area contributed by atoms with Gasteiger partial charge in [0.25, 0.3) is 10.0 Å². The second kappa shape index (κ2) is 5.41. The van der Waals surface area contributed by atoms with Crippen molar-refractivity contribution in [2.45, 2.75) is 5.03 Å². The average Bonchev–Trinajstić information content (AvgIpc) is 2.41. The molecule has 0 unspecified atom stereocenters. The van der Waals surface area contributed by atoms with E-state index in [0.717, 1.165) is 24.4 Å². The Hall–Kier alpha value is -2.22. The number of halogens is 2. The van der Waals surface area contributed by atoms with Gasteiger partial charge in [0.2, 0.25) is 5.03 Å². The number of ether oxygens (including phenoxy) is 1. The van der Waals surface area contributed by atoms with Crippen LogP contribution in [0.5, 0.6) is 5.75 Å². The van der Waals surface area contributed by atoms with E-state index in [4.69, 9.17) is 4.74 Å². The second-order valence-electron chi connectivity index (χ2n) is 3.74. The van der Waals surface area contributed by atoms with Gasteiger partial charge in [-0.05, 0) is 24.3 Å². The Morgan fingerprint density at radius 2 is 1.95 bits per heavy atom. The first-order valence-electron chi connectivity index (χ1n) is 5.41. The van der Waals surface area contributed by atoms with Gasteiger partial charge in [-0.1, -0.05) is 0 Å². The molecule has 1 heterocycles. The average molecular weight is 300 g/mol. The lowest BCUT2D eigenvalue weighted by molar-refractivity contribution is 0.414. The molecule has 0 saturated heterocycles. The van der Waals surface area contributed by atoms with E-state index in [2.05, 4.69) is 4.98 Å².